The molecule has 0 heterocycles. The third-order valence-corrected chi connectivity index (χ3v) is 5.67. The molecule has 0 spiro atoms. The summed E-state index contributed by atoms with van der Waals surface area (Å²) >= 11 is 7.08. The molecule has 4 unspecified atom stereocenters. The quantitative estimate of drug-likeness (QED) is 0.790. The van der Waals surface area contributed by atoms with Crippen LogP contribution in [0.3, 0.4) is 0 Å². The van der Waals surface area contributed by atoms with Crippen LogP contribution in [0.1, 0.15) is 43.7 Å². The summed E-state index contributed by atoms with van der Waals surface area (Å²) in [5, 5.41) is 0. The molecule has 3 rings (SSSR count). The molecule has 2 N–H and O–H groups in total. The summed E-state index contributed by atoms with van der Waals surface area (Å²) in [5.41, 5.74) is 7.65. The summed E-state index contributed by atoms with van der Waals surface area (Å²) < 4.78 is 2.21. The van der Waals surface area contributed by atoms with E-state index < -0.39 is 0 Å². The Morgan fingerprint density at radius 1 is 1.11 bits per heavy atom. The molecule has 0 radical (unpaired) electrons. The third kappa shape index (κ3) is 2.68. The molecule has 3 heteroatoms. The van der Waals surface area contributed by atoms with Crippen LogP contribution in [0.15, 0.2) is 27.1 Å². The Labute approximate surface area is 126 Å². The molecule has 0 aromatic heterocycles. The van der Waals surface area contributed by atoms with Gasteiger partial charge in [-0.25, -0.2) is 0 Å². The van der Waals surface area contributed by atoms with E-state index in [1.54, 1.807) is 0 Å². The molecule has 18 heavy (non-hydrogen) atoms. The van der Waals surface area contributed by atoms with E-state index in [0.717, 1.165) is 33.1 Å². The second-order valence-corrected chi connectivity index (χ2v) is 7.81. The third-order valence-electron chi connectivity index (χ3n) is 4.75. The van der Waals surface area contributed by atoms with Crippen molar-refractivity contribution in [1.29, 1.82) is 0 Å². The largest absolute Gasteiger partial charge is 0.324 e. The van der Waals surface area contributed by atoms with Crippen molar-refractivity contribution in [3.8, 4) is 0 Å². The fourth-order valence-corrected chi connectivity index (χ4v) is 5.25. The van der Waals surface area contributed by atoms with Gasteiger partial charge < -0.3 is 5.73 Å². The van der Waals surface area contributed by atoms with E-state index in [0.29, 0.717) is 0 Å². The fourth-order valence-electron chi connectivity index (χ4n) is 3.92. The lowest BCUT2D eigenvalue weighted by Crippen LogP contribution is -2.19. The summed E-state index contributed by atoms with van der Waals surface area (Å²) in [6.45, 7) is 0. The van der Waals surface area contributed by atoms with Crippen LogP contribution in [-0.2, 0) is 0 Å². The van der Waals surface area contributed by atoms with Gasteiger partial charge in [0.05, 0.1) is 0 Å². The minimum atomic E-state index is 0.183. The van der Waals surface area contributed by atoms with Crippen molar-refractivity contribution in [3.63, 3.8) is 0 Å². The molecule has 4 atom stereocenters. The number of benzene rings is 1. The molecule has 1 aromatic rings. The van der Waals surface area contributed by atoms with Gasteiger partial charge >= 0.3 is 0 Å². The normalized spacial score (nSPS) is 31.8. The van der Waals surface area contributed by atoms with Crippen molar-refractivity contribution in [2.75, 3.05) is 0 Å². The first-order chi connectivity index (χ1) is 8.61. The summed E-state index contributed by atoms with van der Waals surface area (Å²) in [6, 6.07) is 6.56. The van der Waals surface area contributed by atoms with E-state index in [1.165, 1.54) is 31.2 Å². The molecule has 0 saturated heterocycles. The van der Waals surface area contributed by atoms with Gasteiger partial charge in [0, 0.05) is 15.0 Å². The number of hydrogen-bond donors (Lipinski definition) is 1. The molecule has 1 nitrogen and oxygen atoms in total. The van der Waals surface area contributed by atoms with Gasteiger partial charge in [0.15, 0.2) is 0 Å². The second-order valence-electron chi connectivity index (χ2n) is 5.98. The zero-order chi connectivity index (χ0) is 12.7. The highest BCUT2D eigenvalue weighted by atomic mass is 79.9. The topological polar surface area (TPSA) is 26.0 Å². The lowest BCUT2D eigenvalue weighted by Gasteiger charge is -2.25. The maximum absolute atomic E-state index is 6.40. The Morgan fingerprint density at radius 2 is 1.83 bits per heavy atom. The number of fused-ring (bicyclic) bond motifs is 2. The Morgan fingerprint density at radius 3 is 2.39 bits per heavy atom. The highest BCUT2D eigenvalue weighted by Gasteiger charge is 2.39. The monoisotopic (exact) mass is 371 g/mol. The van der Waals surface area contributed by atoms with Crippen LogP contribution in [0.4, 0.5) is 0 Å². The van der Waals surface area contributed by atoms with E-state index >= 15 is 0 Å². The van der Waals surface area contributed by atoms with Crippen LogP contribution in [0.5, 0.6) is 0 Å². The predicted molar refractivity (Wildman–Crippen MR) is 82.3 cm³/mol. The van der Waals surface area contributed by atoms with Gasteiger partial charge in [-0.3, -0.25) is 0 Å². The number of nitrogens with two attached hydrogens (primary N) is 1. The van der Waals surface area contributed by atoms with Crippen molar-refractivity contribution in [2.24, 2.45) is 23.5 Å². The number of halogens is 2. The average Bonchev–Trinajstić information content (AvgIpc) is 2.89. The van der Waals surface area contributed by atoms with Crippen molar-refractivity contribution < 1.29 is 0 Å². The Balaban J connectivity index is 1.69. The molecule has 2 bridgehead atoms. The summed E-state index contributed by atoms with van der Waals surface area (Å²) in [5.74, 6) is 2.86. The summed E-state index contributed by atoms with van der Waals surface area (Å²) in [7, 11) is 0. The highest BCUT2D eigenvalue weighted by molar-refractivity contribution is 9.11. The van der Waals surface area contributed by atoms with Crippen LogP contribution in [-0.4, -0.2) is 0 Å². The zero-order valence-electron chi connectivity index (χ0n) is 10.4. The minimum Gasteiger partial charge on any atom is -0.324 e. The maximum atomic E-state index is 6.40. The lowest BCUT2D eigenvalue weighted by molar-refractivity contribution is 0.296. The maximum Gasteiger partial charge on any atom is 0.0298 e. The van der Waals surface area contributed by atoms with Crippen LogP contribution in [0.25, 0.3) is 0 Å². The first-order valence-corrected chi connectivity index (χ1v) is 8.42. The fraction of sp³-hybridized carbons (Fsp3) is 0.600. The smallest absolute Gasteiger partial charge is 0.0298 e. The van der Waals surface area contributed by atoms with Crippen molar-refractivity contribution in [1.82, 2.24) is 0 Å². The van der Waals surface area contributed by atoms with E-state index in [-0.39, 0.29) is 6.04 Å². The average molecular weight is 373 g/mol. The Hall–Kier alpha value is 0.140. The zero-order valence-corrected chi connectivity index (χ0v) is 13.6. The molecule has 0 aliphatic heterocycles. The molecule has 2 aliphatic rings. The summed E-state index contributed by atoms with van der Waals surface area (Å²) in [6.07, 6.45) is 6.97. The number of rotatable bonds is 3. The number of hydrogen-bond acceptors (Lipinski definition) is 1. The van der Waals surface area contributed by atoms with E-state index in [4.69, 9.17) is 5.73 Å². The molecular formula is C15H19Br2N. The van der Waals surface area contributed by atoms with Gasteiger partial charge in [0.25, 0.3) is 0 Å². The standard InChI is InChI=1S/C15H19Br2N/c16-13-5-12(6-14(17)8-13)15(18)7-11-4-9-1-2-10(11)3-9/h5-6,8-11,15H,1-4,7,18H2. The highest BCUT2D eigenvalue weighted by Crippen LogP contribution is 2.50. The first-order valence-electron chi connectivity index (χ1n) is 6.83. The molecular weight excluding hydrogens is 354 g/mol. The minimum absolute atomic E-state index is 0.183. The van der Waals surface area contributed by atoms with Crippen LogP contribution >= 0.6 is 31.9 Å². The van der Waals surface area contributed by atoms with Gasteiger partial charge in [-0.15, -0.1) is 0 Å². The van der Waals surface area contributed by atoms with Gasteiger partial charge in [-0.05, 0) is 67.2 Å². The van der Waals surface area contributed by atoms with Crippen LogP contribution < -0.4 is 5.73 Å². The lowest BCUT2D eigenvalue weighted by atomic mass is 9.83. The van der Waals surface area contributed by atoms with E-state index in [1.807, 2.05) is 0 Å². The van der Waals surface area contributed by atoms with Gasteiger partial charge in [0.1, 0.15) is 0 Å². The van der Waals surface area contributed by atoms with E-state index in [9.17, 15) is 0 Å². The SMILES string of the molecule is NC(CC1CC2CCC1C2)c1cc(Br)cc(Br)c1. The first kappa shape index (κ1) is 13.1. The van der Waals surface area contributed by atoms with E-state index in [2.05, 4.69) is 50.1 Å². The van der Waals surface area contributed by atoms with Crippen molar-refractivity contribution >= 4 is 31.9 Å². The Bertz CT molecular complexity index is 426. The molecule has 2 fully saturated rings. The molecule has 1 aromatic carbocycles. The van der Waals surface area contributed by atoms with Crippen LogP contribution in [0.2, 0.25) is 0 Å². The van der Waals surface area contributed by atoms with Crippen LogP contribution in [0, 0.1) is 17.8 Å². The molecule has 0 amide bonds. The van der Waals surface area contributed by atoms with Gasteiger partial charge in [-0.1, -0.05) is 38.3 Å². The molecule has 2 saturated carbocycles. The summed E-state index contributed by atoms with van der Waals surface area (Å²) in [4.78, 5) is 0. The van der Waals surface area contributed by atoms with Gasteiger partial charge in [-0.2, -0.15) is 0 Å². The predicted octanol–water partition coefficient (Wildman–Crippen LogP) is 5.04. The molecule has 98 valence electrons. The van der Waals surface area contributed by atoms with Crippen molar-refractivity contribution in [2.45, 2.75) is 38.1 Å². The van der Waals surface area contributed by atoms with Gasteiger partial charge in [0.2, 0.25) is 0 Å². The van der Waals surface area contributed by atoms with Crippen molar-refractivity contribution in [3.05, 3.63) is 32.7 Å². The Kier molecular flexibility index (Phi) is 3.84. The molecule has 2 aliphatic carbocycles. The second kappa shape index (κ2) is 5.26.